The van der Waals surface area contributed by atoms with Crippen LogP contribution >= 0.6 is 15.9 Å². The lowest BCUT2D eigenvalue weighted by Crippen LogP contribution is -2.03. The third kappa shape index (κ3) is 3.22. The van der Waals surface area contributed by atoms with E-state index in [1.165, 1.54) is 6.07 Å². The summed E-state index contributed by atoms with van der Waals surface area (Å²) in [5, 5.41) is 13.0. The fourth-order valence-electron chi connectivity index (χ4n) is 1.83. The monoisotopic (exact) mass is 339 g/mol. The molecule has 0 unspecified atom stereocenters. The van der Waals surface area contributed by atoms with Gasteiger partial charge >= 0.3 is 0 Å². The highest BCUT2D eigenvalue weighted by molar-refractivity contribution is 9.10. The Morgan fingerprint density at radius 2 is 2.00 bits per heavy atom. The molecule has 2 N–H and O–H groups in total. The number of phenols is 1. The van der Waals surface area contributed by atoms with E-state index in [0.717, 1.165) is 0 Å². The Morgan fingerprint density at radius 1 is 1.25 bits per heavy atom. The van der Waals surface area contributed by atoms with Crippen molar-refractivity contribution in [1.82, 2.24) is 0 Å². The predicted molar refractivity (Wildman–Crippen MR) is 80.7 cm³/mol. The number of rotatable bonds is 5. The van der Waals surface area contributed by atoms with Crippen molar-refractivity contribution in [2.75, 3.05) is 11.9 Å². The topological polar surface area (TPSA) is 41.5 Å². The van der Waals surface area contributed by atoms with Crippen LogP contribution < -0.4 is 10.1 Å². The SMILES string of the molecule is CCOc1cccc(CNc2c(F)cccc2Br)c1O. The molecule has 0 bridgehead atoms. The first-order valence-corrected chi connectivity index (χ1v) is 7.04. The summed E-state index contributed by atoms with van der Waals surface area (Å²) in [7, 11) is 0. The van der Waals surface area contributed by atoms with Crippen molar-refractivity contribution in [3.63, 3.8) is 0 Å². The van der Waals surface area contributed by atoms with Gasteiger partial charge in [0.25, 0.3) is 0 Å². The van der Waals surface area contributed by atoms with Gasteiger partial charge in [-0.1, -0.05) is 18.2 Å². The van der Waals surface area contributed by atoms with Crippen molar-refractivity contribution >= 4 is 21.6 Å². The summed E-state index contributed by atoms with van der Waals surface area (Å²) in [4.78, 5) is 0. The Kier molecular flexibility index (Phi) is 4.84. The highest BCUT2D eigenvalue weighted by Crippen LogP contribution is 2.31. The van der Waals surface area contributed by atoms with Crippen LogP contribution in [0.25, 0.3) is 0 Å². The molecule has 2 aromatic carbocycles. The van der Waals surface area contributed by atoms with Crippen LogP contribution in [0, 0.1) is 5.82 Å². The van der Waals surface area contributed by atoms with E-state index in [0.29, 0.717) is 34.6 Å². The van der Waals surface area contributed by atoms with Crippen LogP contribution in [0.1, 0.15) is 12.5 Å². The maximum absolute atomic E-state index is 13.7. The molecule has 5 heteroatoms. The number of hydrogen-bond donors (Lipinski definition) is 2. The zero-order chi connectivity index (χ0) is 14.5. The normalized spacial score (nSPS) is 10.3. The molecule has 2 aromatic rings. The Bertz CT molecular complexity index is 584. The minimum absolute atomic E-state index is 0.0781. The van der Waals surface area contributed by atoms with Gasteiger partial charge in [-0.15, -0.1) is 0 Å². The molecule has 0 saturated heterocycles. The fourth-order valence-corrected chi connectivity index (χ4v) is 2.31. The Morgan fingerprint density at radius 3 is 2.70 bits per heavy atom. The average Bonchev–Trinajstić information content (AvgIpc) is 2.42. The van der Waals surface area contributed by atoms with Crippen LogP contribution in [-0.2, 0) is 6.54 Å². The van der Waals surface area contributed by atoms with Gasteiger partial charge in [0.15, 0.2) is 11.5 Å². The lowest BCUT2D eigenvalue weighted by molar-refractivity contribution is 0.317. The molecule has 0 aliphatic carbocycles. The minimum Gasteiger partial charge on any atom is -0.504 e. The second-order valence-electron chi connectivity index (χ2n) is 4.15. The third-order valence-corrected chi connectivity index (χ3v) is 3.46. The standard InChI is InChI=1S/C15H15BrFNO2/c1-2-20-13-8-3-5-10(15(13)19)9-18-14-11(16)6-4-7-12(14)17/h3-8,18-19H,2,9H2,1H3. The molecular weight excluding hydrogens is 325 g/mol. The van der Waals surface area contributed by atoms with Crippen molar-refractivity contribution in [3.8, 4) is 11.5 Å². The first-order valence-electron chi connectivity index (χ1n) is 6.25. The van der Waals surface area contributed by atoms with E-state index in [9.17, 15) is 9.50 Å². The van der Waals surface area contributed by atoms with Crippen molar-refractivity contribution in [2.24, 2.45) is 0 Å². The van der Waals surface area contributed by atoms with Gasteiger partial charge in [0.2, 0.25) is 0 Å². The first kappa shape index (κ1) is 14.7. The molecule has 0 aliphatic heterocycles. The molecule has 0 radical (unpaired) electrons. The molecule has 106 valence electrons. The molecule has 20 heavy (non-hydrogen) atoms. The number of aromatic hydroxyl groups is 1. The number of halogens is 2. The molecule has 0 atom stereocenters. The van der Waals surface area contributed by atoms with Crippen LogP contribution in [0.2, 0.25) is 0 Å². The van der Waals surface area contributed by atoms with Crippen LogP contribution in [0.4, 0.5) is 10.1 Å². The fraction of sp³-hybridized carbons (Fsp3) is 0.200. The van der Waals surface area contributed by atoms with E-state index in [-0.39, 0.29) is 11.6 Å². The number of hydrogen-bond acceptors (Lipinski definition) is 3. The predicted octanol–water partition coefficient (Wildman–Crippen LogP) is 4.30. The molecule has 0 aliphatic rings. The van der Waals surface area contributed by atoms with E-state index in [2.05, 4.69) is 21.2 Å². The zero-order valence-electron chi connectivity index (χ0n) is 11.0. The molecule has 0 saturated carbocycles. The van der Waals surface area contributed by atoms with Gasteiger partial charge in [-0.2, -0.15) is 0 Å². The van der Waals surface area contributed by atoms with Crippen LogP contribution in [0.3, 0.4) is 0 Å². The third-order valence-electron chi connectivity index (χ3n) is 2.80. The number of anilines is 1. The minimum atomic E-state index is -0.347. The summed E-state index contributed by atoms with van der Waals surface area (Å²) < 4.78 is 19.6. The molecule has 0 spiro atoms. The number of benzene rings is 2. The smallest absolute Gasteiger partial charge is 0.162 e. The Balaban J connectivity index is 2.17. The van der Waals surface area contributed by atoms with Crippen molar-refractivity contribution in [3.05, 3.63) is 52.3 Å². The summed E-state index contributed by atoms with van der Waals surface area (Å²) in [5.41, 5.74) is 1.01. The number of para-hydroxylation sites is 2. The molecule has 3 nitrogen and oxygen atoms in total. The average molecular weight is 340 g/mol. The Labute approximate surface area is 125 Å². The summed E-state index contributed by atoms with van der Waals surface area (Å²) >= 11 is 3.29. The summed E-state index contributed by atoms with van der Waals surface area (Å²) in [6.45, 7) is 2.62. The second-order valence-corrected chi connectivity index (χ2v) is 5.00. The van der Waals surface area contributed by atoms with Gasteiger partial charge in [0, 0.05) is 16.6 Å². The van der Waals surface area contributed by atoms with E-state index >= 15 is 0 Å². The molecule has 2 rings (SSSR count). The summed E-state index contributed by atoms with van der Waals surface area (Å²) in [5.74, 6) is 0.161. The van der Waals surface area contributed by atoms with E-state index < -0.39 is 0 Å². The maximum atomic E-state index is 13.7. The van der Waals surface area contributed by atoms with Gasteiger partial charge in [-0.05, 0) is 41.1 Å². The highest BCUT2D eigenvalue weighted by atomic mass is 79.9. The Hall–Kier alpha value is -1.75. The molecule has 0 fully saturated rings. The number of nitrogens with one attached hydrogen (secondary N) is 1. The zero-order valence-corrected chi connectivity index (χ0v) is 12.6. The van der Waals surface area contributed by atoms with Gasteiger partial charge in [-0.25, -0.2) is 4.39 Å². The second kappa shape index (κ2) is 6.61. The molecule has 0 heterocycles. The van der Waals surface area contributed by atoms with Crippen LogP contribution in [0.15, 0.2) is 40.9 Å². The molecule has 0 amide bonds. The van der Waals surface area contributed by atoms with E-state index in [1.807, 2.05) is 6.92 Å². The lowest BCUT2D eigenvalue weighted by Gasteiger charge is -2.13. The first-order chi connectivity index (χ1) is 9.63. The van der Waals surface area contributed by atoms with Crippen molar-refractivity contribution < 1.29 is 14.2 Å². The highest BCUT2D eigenvalue weighted by Gasteiger charge is 2.10. The largest absolute Gasteiger partial charge is 0.504 e. The van der Waals surface area contributed by atoms with Gasteiger partial charge in [-0.3, -0.25) is 0 Å². The van der Waals surface area contributed by atoms with Crippen molar-refractivity contribution in [2.45, 2.75) is 13.5 Å². The maximum Gasteiger partial charge on any atom is 0.162 e. The number of ether oxygens (including phenoxy) is 1. The lowest BCUT2D eigenvalue weighted by atomic mass is 10.1. The summed E-state index contributed by atoms with van der Waals surface area (Å²) in [6, 6.07) is 10.0. The van der Waals surface area contributed by atoms with Crippen molar-refractivity contribution in [1.29, 1.82) is 0 Å². The van der Waals surface area contributed by atoms with E-state index in [1.54, 1.807) is 30.3 Å². The van der Waals surface area contributed by atoms with Crippen LogP contribution in [0.5, 0.6) is 11.5 Å². The van der Waals surface area contributed by atoms with Crippen LogP contribution in [-0.4, -0.2) is 11.7 Å². The number of phenolic OH excluding ortho intramolecular Hbond substituents is 1. The van der Waals surface area contributed by atoms with Gasteiger partial charge in [0.05, 0.1) is 12.3 Å². The quantitative estimate of drug-likeness (QED) is 0.853. The van der Waals surface area contributed by atoms with Gasteiger partial charge < -0.3 is 15.2 Å². The van der Waals surface area contributed by atoms with Gasteiger partial charge in [0.1, 0.15) is 5.82 Å². The summed E-state index contributed by atoms with van der Waals surface area (Å²) in [6.07, 6.45) is 0. The molecule has 0 aromatic heterocycles. The van der Waals surface area contributed by atoms with E-state index in [4.69, 9.17) is 4.74 Å². The molecular formula is C15H15BrFNO2.